The second-order valence-corrected chi connectivity index (χ2v) is 6.91. The second kappa shape index (κ2) is 8.11. The van der Waals surface area contributed by atoms with E-state index in [2.05, 4.69) is 20.3 Å². The molecule has 0 saturated carbocycles. The summed E-state index contributed by atoms with van der Waals surface area (Å²) in [6.07, 6.45) is 6.24. The molecule has 0 radical (unpaired) electrons. The summed E-state index contributed by atoms with van der Waals surface area (Å²) in [6.45, 7) is 2.66. The fraction of sp³-hybridized carbons (Fsp3) is 0.421. The van der Waals surface area contributed by atoms with Crippen molar-refractivity contribution in [1.82, 2.24) is 25.2 Å². The molecule has 8 heteroatoms. The van der Waals surface area contributed by atoms with Gasteiger partial charge in [0.15, 0.2) is 0 Å². The Balaban J connectivity index is 1.84. The molecule has 1 fully saturated rings. The van der Waals surface area contributed by atoms with Gasteiger partial charge in [0.1, 0.15) is 0 Å². The van der Waals surface area contributed by atoms with Gasteiger partial charge in [-0.3, -0.25) is 14.6 Å². The van der Waals surface area contributed by atoms with Gasteiger partial charge in [-0.1, -0.05) is 6.07 Å². The zero-order valence-corrected chi connectivity index (χ0v) is 15.8. The lowest BCUT2D eigenvalue weighted by Crippen LogP contribution is -2.42. The van der Waals surface area contributed by atoms with Crippen LogP contribution in [0.5, 0.6) is 0 Å². The first-order valence-electron chi connectivity index (χ1n) is 8.92. The number of carbonyl (C=O) groups is 2. The molecule has 2 aromatic heterocycles. The molecule has 0 aromatic carbocycles. The molecule has 1 atom stereocenters. The number of hydrogen-bond acceptors (Lipinski definition) is 6. The van der Waals surface area contributed by atoms with Crippen LogP contribution in [-0.4, -0.2) is 58.3 Å². The van der Waals surface area contributed by atoms with Crippen LogP contribution in [0.15, 0.2) is 30.7 Å². The van der Waals surface area contributed by atoms with E-state index in [1.165, 1.54) is 0 Å². The third kappa shape index (κ3) is 4.58. The summed E-state index contributed by atoms with van der Waals surface area (Å²) in [5.41, 5.74) is 2.03. The Kier molecular flexibility index (Phi) is 5.63. The average molecular weight is 368 g/mol. The van der Waals surface area contributed by atoms with Crippen molar-refractivity contribution in [3.8, 4) is 0 Å². The molecule has 0 aliphatic carbocycles. The summed E-state index contributed by atoms with van der Waals surface area (Å²) in [6, 6.07) is 3.73. The molecule has 3 rings (SSSR count). The third-order valence-corrected chi connectivity index (χ3v) is 4.51. The number of amides is 2. The van der Waals surface area contributed by atoms with Gasteiger partial charge in [0.05, 0.1) is 11.3 Å². The van der Waals surface area contributed by atoms with Gasteiger partial charge in [0, 0.05) is 58.2 Å². The molecule has 27 heavy (non-hydrogen) atoms. The van der Waals surface area contributed by atoms with E-state index in [-0.39, 0.29) is 17.9 Å². The minimum absolute atomic E-state index is 0.0311. The van der Waals surface area contributed by atoms with Crippen molar-refractivity contribution >= 4 is 17.8 Å². The van der Waals surface area contributed by atoms with Crippen molar-refractivity contribution in [2.45, 2.75) is 32.4 Å². The monoisotopic (exact) mass is 368 g/mol. The Bertz CT molecular complexity index is 824. The van der Waals surface area contributed by atoms with E-state index in [0.29, 0.717) is 36.7 Å². The highest BCUT2D eigenvalue weighted by Gasteiger charge is 2.27. The Hall–Kier alpha value is -3.03. The van der Waals surface area contributed by atoms with Crippen LogP contribution in [0.4, 0.5) is 5.95 Å². The van der Waals surface area contributed by atoms with E-state index in [4.69, 9.17) is 0 Å². The molecule has 1 aliphatic heterocycles. The van der Waals surface area contributed by atoms with Gasteiger partial charge in [0.25, 0.3) is 5.91 Å². The number of hydrogen-bond donors (Lipinski definition) is 1. The first-order chi connectivity index (χ1) is 12.9. The van der Waals surface area contributed by atoms with Crippen LogP contribution in [0, 0.1) is 6.92 Å². The second-order valence-electron chi connectivity index (χ2n) is 6.91. The zero-order valence-electron chi connectivity index (χ0n) is 15.8. The van der Waals surface area contributed by atoms with Crippen LogP contribution in [0.1, 0.15) is 34.5 Å². The van der Waals surface area contributed by atoms with Crippen molar-refractivity contribution in [3.05, 3.63) is 47.5 Å². The lowest BCUT2D eigenvalue weighted by atomic mass is 10.1. The fourth-order valence-electron chi connectivity index (χ4n) is 3.06. The molecule has 1 saturated heterocycles. The first-order valence-corrected chi connectivity index (χ1v) is 8.92. The molecule has 1 N–H and O–H groups in total. The van der Waals surface area contributed by atoms with E-state index in [1.54, 1.807) is 28.4 Å². The lowest BCUT2D eigenvalue weighted by Gasteiger charge is -2.26. The minimum Gasteiger partial charge on any atom is -0.352 e. The van der Waals surface area contributed by atoms with E-state index in [9.17, 15) is 9.59 Å². The van der Waals surface area contributed by atoms with Crippen LogP contribution in [0.3, 0.4) is 0 Å². The normalized spacial score (nSPS) is 16.1. The molecule has 0 spiro atoms. The molecule has 142 valence electrons. The molecule has 2 amide bonds. The van der Waals surface area contributed by atoms with Gasteiger partial charge in [-0.2, -0.15) is 0 Å². The number of aromatic nitrogens is 3. The summed E-state index contributed by atoms with van der Waals surface area (Å²) in [7, 11) is 3.71. The highest BCUT2D eigenvalue weighted by Crippen LogP contribution is 2.16. The van der Waals surface area contributed by atoms with Crippen LogP contribution in [0.25, 0.3) is 0 Å². The number of nitrogens with zero attached hydrogens (tertiary/aromatic N) is 5. The molecular weight excluding hydrogens is 344 g/mol. The predicted molar refractivity (Wildman–Crippen MR) is 101 cm³/mol. The maximum absolute atomic E-state index is 13.2. The number of pyridine rings is 1. The van der Waals surface area contributed by atoms with Crippen molar-refractivity contribution < 1.29 is 9.59 Å². The summed E-state index contributed by atoms with van der Waals surface area (Å²) < 4.78 is 0. The number of rotatable bonds is 6. The van der Waals surface area contributed by atoms with Gasteiger partial charge in [-0.05, 0) is 25.0 Å². The SMILES string of the molecule is Cc1nc(N(C)C)ncc1C(=O)N(Cc1cccnc1)C[C@@H]1CCC(=O)N1. The highest BCUT2D eigenvalue weighted by atomic mass is 16.2. The number of carbonyl (C=O) groups excluding carboxylic acids is 2. The Morgan fingerprint density at radius 2 is 2.15 bits per heavy atom. The highest BCUT2D eigenvalue weighted by molar-refractivity contribution is 5.95. The predicted octanol–water partition coefficient (Wildman–Crippen LogP) is 1.17. The van der Waals surface area contributed by atoms with Crippen LogP contribution < -0.4 is 10.2 Å². The summed E-state index contributed by atoms with van der Waals surface area (Å²) in [4.78, 5) is 41.1. The first kappa shape index (κ1) is 18.8. The quantitative estimate of drug-likeness (QED) is 0.823. The summed E-state index contributed by atoms with van der Waals surface area (Å²) in [5.74, 6) is 0.442. The van der Waals surface area contributed by atoms with Gasteiger partial charge in [-0.25, -0.2) is 9.97 Å². The summed E-state index contributed by atoms with van der Waals surface area (Å²) in [5, 5.41) is 2.93. The minimum atomic E-state index is -0.150. The van der Waals surface area contributed by atoms with Crippen molar-refractivity contribution in [2.75, 3.05) is 25.5 Å². The van der Waals surface area contributed by atoms with Crippen LogP contribution in [-0.2, 0) is 11.3 Å². The number of anilines is 1. The van der Waals surface area contributed by atoms with Crippen molar-refractivity contribution in [2.24, 2.45) is 0 Å². The summed E-state index contributed by atoms with van der Waals surface area (Å²) >= 11 is 0. The van der Waals surface area contributed by atoms with Crippen molar-refractivity contribution in [1.29, 1.82) is 0 Å². The third-order valence-electron chi connectivity index (χ3n) is 4.51. The van der Waals surface area contributed by atoms with E-state index in [1.807, 2.05) is 33.2 Å². The largest absolute Gasteiger partial charge is 0.352 e. The molecule has 2 aromatic rings. The molecule has 0 bridgehead atoms. The standard InChI is InChI=1S/C19H24N6O2/c1-13-16(10-21-19(22-13)24(2)3)18(27)25(11-14-5-4-8-20-9-14)12-15-6-7-17(26)23-15/h4-5,8-10,15H,6-7,11-12H2,1-3H3,(H,23,26)/t15-/m0/s1. The van der Waals surface area contributed by atoms with Gasteiger partial charge < -0.3 is 15.1 Å². The fourth-order valence-corrected chi connectivity index (χ4v) is 3.06. The molecule has 3 heterocycles. The molecule has 0 unspecified atom stereocenters. The molecular formula is C19H24N6O2. The lowest BCUT2D eigenvalue weighted by molar-refractivity contribution is -0.119. The maximum atomic E-state index is 13.2. The number of nitrogens with one attached hydrogen (secondary N) is 1. The molecule has 8 nitrogen and oxygen atoms in total. The Morgan fingerprint density at radius 1 is 1.33 bits per heavy atom. The topological polar surface area (TPSA) is 91.3 Å². The Morgan fingerprint density at radius 3 is 2.74 bits per heavy atom. The molecule has 1 aliphatic rings. The zero-order chi connectivity index (χ0) is 19.4. The van der Waals surface area contributed by atoms with Crippen molar-refractivity contribution in [3.63, 3.8) is 0 Å². The number of aryl methyl sites for hydroxylation is 1. The van der Waals surface area contributed by atoms with Crippen LogP contribution >= 0.6 is 0 Å². The van der Waals surface area contributed by atoms with E-state index in [0.717, 1.165) is 12.0 Å². The van der Waals surface area contributed by atoms with E-state index < -0.39 is 0 Å². The smallest absolute Gasteiger partial charge is 0.257 e. The maximum Gasteiger partial charge on any atom is 0.257 e. The van der Waals surface area contributed by atoms with Gasteiger partial charge >= 0.3 is 0 Å². The van der Waals surface area contributed by atoms with Gasteiger partial charge in [0.2, 0.25) is 11.9 Å². The van der Waals surface area contributed by atoms with E-state index >= 15 is 0 Å². The Labute approximate surface area is 158 Å². The van der Waals surface area contributed by atoms with Gasteiger partial charge in [-0.15, -0.1) is 0 Å². The van der Waals surface area contributed by atoms with Crippen LogP contribution in [0.2, 0.25) is 0 Å². The average Bonchev–Trinajstić information content (AvgIpc) is 3.06.